The number of ether oxygens (including phenoxy) is 1. The number of aliphatic imine (C=N–C) groups is 1. The molecule has 1 aromatic carbocycles. The van der Waals surface area contributed by atoms with Crippen LogP contribution in [0.15, 0.2) is 29.3 Å². The molecule has 1 aromatic rings. The summed E-state index contributed by atoms with van der Waals surface area (Å²) in [7, 11) is 0. The lowest BCUT2D eigenvalue weighted by molar-refractivity contribution is 0.139. The van der Waals surface area contributed by atoms with E-state index in [0.29, 0.717) is 13.2 Å². The van der Waals surface area contributed by atoms with E-state index in [4.69, 9.17) is 9.73 Å². The largest absolute Gasteiger partial charge is 0.380 e. The van der Waals surface area contributed by atoms with Gasteiger partial charge in [-0.2, -0.15) is 0 Å². The number of para-hydroxylation sites is 1. The number of benzene rings is 1. The minimum absolute atomic E-state index is 0.699. The third-order valence-corrected chi connectivity index (χ3v) is 3.62. The molecule has 0 saturated heterocycles. The van der Waals surface area contributed by atoms with Crippen molar-refractivity contribution in [2.75, 3.05) is 37.7 Å². The van der Waals surface area contributed by atoms with Gasteiger partial charge in [0.15, 0.2) is 5.96 Å². The molecule has 0 aromatic heterocycles. The van der Waals surface area contributed by atoms with Gasteiger partial charge < -0.3 is 15.0 Å². The second-order valence-corrected chi connectivity index (χ2v) is 5.23. The van der Waals surface area contributed by atoms with Crippen molar-refractivity contribution in [3.63, 3.8) is 0 Å². The van der Waals surface area contributed by atoms with Gasteiger partial charge in [0.1, 0.15) is 0 Å². The van der Waals surface area contributed by atoms with Crippen molar-refractivity contribution in [1.82, 2.24) is 5.32 Å². The van der Waals surface area contributed by atoms with Crippen molar-refractivity contribution < 1.29 is 4.74 Å². The molecule has 21 heavy (non-hydrogen) atoms. The van der Waals surface area contributed by atoms with Gasteiger partial charge in [0.2, 0.25) is 0 Å². The predicted molar refractivity (Wildman–Crippen MR) is 89.2 cm³/mol. The third-order valence-electron chi connectivity index (χ3n) is 3.62. The van der Waals surface area contributed by atoms with E-state index in [1.165, 1.54) is 17.7 Å². The van der Waals surface area contributed by atoms with Crippen LogP contribution in [0.1, 0.15) is 32.3 Å². The Kier molecular flexibility index (Phi) is 6.54. The summed E-state index contributed by atoms with van der Waals surface area (Å²) in [6.45, 7) is 8.42. The van der Waals surface area contributed by atoms with Crippen LogP contribution in [0.2, 0.25) is 0 Å². The maximum Gasteiger partial charge on any atom is 0.198 e. The predicted octanol–water partition coefficient (Wildman–Crippen LogP) is 2.83. The van der Waals surface area contributed by atoms with E-state index in [2.05, 4.69) is 48.3 Å². The molecule has 1 aliphatic heterocycles. The molecule has 0 bridgehead atoms. The lowest BCUT2D eigenvalue weighted by Crippen LogP contribution is -2.40. The lowest BCUT2D eigenvalue weighted by Gasteiger charge is -2.22. The average molecular weight is 289 g/mol. The summed E-state index contributed by atoms with van der Waals surface area (Å²) >= 11 is 0. The van der Waals surface area contributed by atoms with Crippen LogP contribution in [-0.2, 0) is 11.2 Å². The molecule has 0 spiro atoms. The normalized spacial score (nSPS) is 14.4. The van der Waals surface area contributed by atoms with E-state index in [1.54, 1.807) is 0 Å². The highest BCUT2D eigenvalue weighted by Gasteiger charge is 2.22. The van der Waals surface area contributed by atoms with Gasteiger partial charge in [-0.1, -0.05) is 31.5 Å². The van der Waals surface area contributed by atoms with E-state index in [-0.39, 0.29) is 0 Å². The van der Waals surface area contributed by atoms with Gasteiger partial charge in [-0.25, -0.2) is 0 Å². The van der Waals surface area contributed by atoms with Gasteiger partial charge in [-0.05, 0) is 31.4 Å². The number of fused-ring (bicyclic) bond motifs is 1. The van der Waals surface area contributed by atoms with E-state index >= 15 is 0 Å². The highest BCUT2D eigenvalue weighted by Crippen LogP contribution is 2.27. The van der Waals surface area contributed by atoms with Gasteiger partial charge in [-0.3, -0.25) is 4.99 Å². The number of hydrogen-bond donors (Lipinski definition) is 1. The Balaban J connectivity index is 1.93. The Morgan fingerprint density at radius 3 is 2.95 bits per heavy atom. The highest BCUT2D eigenvalue weighted by molar-refractivity contribution is 5.97. The van der Waals surface area contributed by atoms with Crippen LogP contribution < -0.4 is 10.2 Å². The van der Waals surface area contributed by atoms with Crippen LogP contribution in [0.4, 0.5) is 5.69 Å². The Hall–Kier alpha value is -1.55. The molecule has 0 radical (unpaired) electrons. The van der Waals surface area contributed by atoms with E-state index in [1.807, 2.05) is 0 Å². The molecule has 116 valence electrons. The topological polar surface area (TPSA) is 36.9 Å². The van der Waals surface area contributed by atoms with Crippen LogP contribution >= 0.6 is 0 Å². The molecule has 1 heterocycles. The summed E-state index contributed by atoms with van der Waals surface area (Å²) in [6, 6.07) is 8.57. The number of nitrogens with one attached hydrogen (secondary N) is 1. The van der Waals surface area contributed by atoms with Crippen molar-refractivity contribution >= 4 is 11.6 Å². The smallest absolute Gasteiger partial charge is 0.198 e. The van der Waals surface area contributed by atoms with Gasteiger partial charge in [0.25, 0.3) is 0 Å². The molecule has 0 atom stereocenters. The van der Waals surface area contributed by atoms with Crippen molar-refractivity contribution in [3.05, 3.63) is 29.8 Å². The number of guanidine groups is 1. The molecule has 2 rings (SSSR count). The van der Waals surface area contributed by atoms with Crippen LogP contribution in [-0.4, -0.2) is 38.8 Å². The second kappa shape index (κ2) is 8.67. The van der Waals surface area contributed by atoms with Crippen LogP contribution in [0.5, 0.6) is 0 Å². The summed E-state index contributed by atoms with van der Waals surface area (Å²) < 4.78 is 5.58. The molecule has 4 heteroatoms. The van der Waals surface area contributed by atoms with E-state index < -0.39 is 0 Å². The van der Waals surface area contributed by atoms with Gasteiger partial charge in [-0.15, -0.1) is 0 Å². The maximum atomic E-state index is 5.58. The summed E-state index contributed by atoms with van der Waals surface area (Å²) in [6.07, 6.45) is 3.40. The van der Waals surface area contributed by atoms with Gasteiger partial charge in [0.05, 0.1) is 13.2 Å². The second-order valence-electron chi connectivity index (χ2n) is 5.23. The summed E-state index contributed by atoms with van der Waals surface area (Å²) in [5.74, 6) is 0.974. The highest BCUT2D eigenvalue weighted by atomic mass is 16.5. The Labute approximate surface area is 128 Å². The first-order valence-corrected chi connectivity index (χ1v) is 8.08. The minimum atomic E-state index is 0.699. The van der Waals surface area contributed by atoms with Crippen LogP contribution in [0.25, 0.3) is 0 Å². The zero-order chi connectivity index (χ0) is 14.9. The monoisotopic (exact) mass is 289 g/mol. The Morgan fingerprint density at radius 1 is 1.29 bits per heavy atom. The van der Waals surface area contributed by atoms with Gasteiger partial charge in [0, 0.05) is 25.4 Å². The lowest BCUT2D eigenvalue weighted by atomic mass is 10.2. The quantitative estimate of drug-likeness (QED) is 0.476. The maximum absolute atomic E-state index is 5.58. The molecule has 0 aliphatic carbocycles. The zero-order valence-corrected chi connectivity index (χ0v) is 13.3. The number of hydrogen-bond acceptors (Lipinski definition) is 2. The first-order chi connectivity index (χ1) is 10.4. The third kappa shape index (κ3) is 4.46. The van der Waals surface area contributed by atoms with E-state index in [0.717, 1.165) is 38.5 Å². The molecule has 0 unspecified atom stereocenters. The molecule has 0 saturated carbocycles. The fraction of sp³-hybridized carbons (Fsp3) is 0.588. The Bertz CT molecular complexity index is 459. The zero-order valence-electron chi connectivity index (χ0n) is 13.3. The summed E-state index contributed by atoms with van der Waals surface area (Å²) in [5.41, 5.74) is 2.69. The summed E-state index contributed by atoms with van der Waals surface area (Å²) in [4.78, 5) is 6.98. The molecular formula is C17H27N3O. The molecule has 1 N–H and O–H groups in total. The number of nitrogens with zero attached hydrogens (tertiary/aromatic N) is 2. The number of unbranched alkanes of at least 4 members (excludes halogenated alkanes) is 1. The van der Waals surface area contributed by atoms with Crippen molar-refractivity contribution in [1.29, 1.82) is 0 Å². The minimum Gasteiger partial charge on any atom is -0.380 e. The van der Waals surface area contributed by atoms with E-state index in [9.17, 15) is 0 Å². The fourth-order valence-electron chi connectivity index (χ4n) is 2.52. The molecule has 4 nitrogen and oxygen atoms in total. The fourth-order valence-corrected chi connectivity index (χ4v) is 2.52. The molecule has 0 fully saturated rings. The van der Waals surface area contributed by atoms with Gasteiger partial charge >= 0.3 is 0 Å². The van der Waals surface area contributed by atoms with Crippen molar-refractivity contribution in [3.8, 4) is 0 Å². The molecule has 0 amide bonds. The van der Waals surface area contributed by atoms with Crippen molar-refractivity contribution in [2.45, 2.75) is 33.1 Å². The number of anilines is 1. The van der Waals surface area contributed by atoms with Crippen molar-refractivity contribution in [2.24, 2.45) is 4.99 Å². The molecular weight excluding hydrogens is 262 g/mol. The number of rotatable bonds is 7. The van der Waals surface area contributed by atoms with Crippen LogP contribution in [0, 0.1) is 0 Å². The van der Waals surface area contributed by atoms with Crippen LogP contribution in [0.3, 0.4) is 0 Å². The summed E-state index contributed by atoms with van der Waals surface area (Å²) in [5, 5.41) is 3.39. The average Bonchev–Trinajstić information content (AvgIpc) is 2.93. The standard InChI is InChI=1S/C17H27N3O/c1-3-5-13-21-14-11-19-17(18-4-2)20-12-10-15-8-6-7-9-16(15)20/h6-9H,3-5,10-14H2,1-2H3,(H,18,19). The first kappa shape index (κ1) is 15.8. The molecule has 1 aliphatic rings. The Morgan fingerprint density at radius 2 is 2.14 bits per heavy atom. The first-order valence-electron chi connectivity index (χ1n) is 8.08. The SMILES string of the molecule is CCCCOCCN=C(NCC)N1CCc2ccccc21.